The Hall–Kier alpha value is -3.68. The molecular weight excluding hydrogens is 348 g/mol. The number of azo groups is 1. The molecule has 2 aromatic carbocycles. The van der Waals surface area contributed by atoms with E-state index in [9.17, 15) is 19.2 Å². The minimum Gasteiger partial charge on any atom is -0.324 e. The molecule has 8 heteroatoms. The number of ketones is 1. The topological polar surface area (TPSA) is 117 Å². The number of amides is 3. The van der Waals surface area contributed by atoms with Gasteiger partial charge in [-0.25, -0.2) is 0 Å². The van der Waals surface area contributed by atoms with E-state index in [1.807, 2.05) is 19.1 Å². The number of nitrogens with one attached hydrogen (secondary N) is 2. The molecule has 3 amide bonds. The van der Waals surface area contributed by atoms with Gasteiger partial charge in [0, 0.05) is 5.69 Å². The van der Waals surface area contributed by atoms with Crippen LogP contribution in [0.1, 0.15) is 33.2 Å². The monoisotopic (exact) mass is 364 g/mol. The lowest BCUT2D eigenvalue weighted by molar-refractivity contribution is -0.126. The first kappa shape index (κ1) is 18.1. The van der Waals surface area contributed by atoms with Crippen LogP contribution in [-0.2, 0) is 9.59 Å². The Morgan fingerprint density at radius 3 is 2.33 bits per heavy atom. The average molecular weight is 364 g/mol. The summed E-state index contributed by atoms with van der Waals surface area (Å²) < 4.78 is 0. The van der Waals surface area contributed by atoms with Crippen LogP contribution in [0.5, 0.6) is 0 Å². The van der Waals surface area contributed by atoms with Crippen molar-refractivity contribution in [2.75, 3.05) is 5.32 Å². The van der Waals surface area contributed by atoms with E-state index in [1.165, 1.54) is 25.1 Å². The molecule has 0 bridgehead atoms. The fourth-order valence-corrected chi connectivity index (χ4v) is 2.51. The van der Waals surface area contributed by atoms with Crippen LogP contribution in [0, 0.1) is 6.92 Å². The highest BCUT2D eigenvalue weighted by atomic mass is 16.2. The Morgan fingerprint density at radius 1 is 1.00 bits per heavy atom. The molecule has 1 atom stereocenters. The SMILES string of the molecule is CC(=O)C(N=Nc1ccc2c(c1)C(=O)NC2=O)C(=O)Nc1ccc(C)cc1. The number of hydrogen-bond acceptors (Lipinski definition) is 6. The molecular formula is C19H16N4O4. The number of hydrogen-bond donors (Lipinski definition) is 2. The molecule has 136 valence electrons. The summed E-state index contributed by atoms with van der Waals surface area (Å²) in [5, 5.41) is 12.5. The van der Waals surface area contributed by atoms with Crippen molar-refractivity contribution in [1.29, 1.82) is 0 Å². The number of nitrogens with zero attached hydrogens (tertiary/aromatic N) is 2. The van der Waals surface area contributed by atoms with E-state index in [0.717, 1.165) is 5.56 Å². The number of imide groups is 1. The number of benzene rings is 2. The fraction of sp³-hybridized carbons (Fsp3) is 0.158. The van der Waals surface area contributed by atoms with Crippen molar-refractivity contribution in [2.45, 2.75) is 19.9 Å². The second kappa shape index (κ2) is 7.28. The van der Waals surface area contributed by atoms with Crippen molar-refractivity contribution in [2.24, 2.45) is 10.2 Å². The highest BCUT2D eigenvalue weighted by Gasteiger charge is 2.27. The van der Waals surface area contributed by atoms with Gasteiger partial charge in [-0.05, 0) is 44.2 Å². The molecule has 1 heterocycles. The maximum Gasteiger partial charge on any atom is 0.259 e. The maximum absolute atomic E-state index is 12.3. The predicted molar refractivity (Wildman–Crippen MR) is 97.0 cm³/mol. The van der Waals surface area contributed by atoms with Gasteiger partial charge in [0.15, 0.2) is 5.78 Å². The Bertz CT molecular complexity index is 980. The van der Waals surface area contributed by atoms with Crippen LogP contribution in [0.15, 0.2) is 52.7 Å². The van der Waals surface area contributed by atoms with Crippen LogP contribution in [0.2, 0.25) is 0 Å². The number of rotatable bonds is 5. The molecule has 0 fully saturated rings. The molecule has 27 heavy (non-hydrogen) atoms. The van der Waals surface area contributed by atoms with Gasteiger partial charge in [0.2, 0.25) is 6.04 Å². The molecule has 0 saturated heterocycles. The van der Waals surface area contributed by atoms with E-state index >= 15 is 0 Å². The molecule has 1 aliphatic heterocycles. The van der Waals surface area contributed by atoms with E-state index in [-0.39, 0.29) is 16.8 Å². The van der Waals surface area contributed by atoms with Gasteiger partial charge in [0.25, 0.3) is 17.7 Å². The second-order valence-corrected chi connectivity index (χ2v) is 6.10. The van der Waals surface area contributed by atoms with Crippen LogP contribution in [0.4, 0.5) is 11.4 Å². The molecule has 1 aliphatic rings. The summed E-state index contributed by atoms with van der Waals surface area (Å²) in [7, 11) is 0. The number of aryl methyl sites for hydroxylation is 1. The van der Waals surface area contributed by atoms with Crippen LogP contribution in [0.3, 0.4) is 0 Å². The smallest absolute Gasteiger partial charge is 0.259 e. The lowest BCUT2D eigenvalue weighted by Gasteiger charge is -2.09. The summed E-state index contributed by atoms with van der Waals surface area (Å²) in [5.74, 6) is -2.08. The first-order valence-corrected chi connectivity index (χ1v) is 8.14. The van der Waals surface area contributed by atoms with Gasteiger partial charge in [0.05, 0.1) is 16.8 Å². The van der Waals surface area contributed by atoms with Gasteiger partial charge >= 0.3 is 0 Å². The Labute approximate surface area is 154 Å². The summed E-state index contributed by atoms with van der Waals surface area (Å²) in [6, 6.07) is 10.1. The Balaban J connectivity index is 1.78. The van der Waals surface area contributed by atoms with Gasteiger partial charge < -0.3 is 5.32 Å². The lowest BCUT2D eigenvalue weighted by Crippen LogP contribution is -2.31. The third-order valence-electron chi connectivity index (χ3n) is 3.96. The summed E-state index contributed by atoms with van der Waals surface area (Å²) in [5.41, 5.74) is 2.27. The zero-order chi connectivity index (χ0) is 19.6. The van der Waals surface area contributed by atoms with Crippen LogP contribution < -0.4 is 10.6 Å². The third-order valence-corrected chi connectivity index (χ3v) is 3.96. The van der Waals surface area contributed by atoms with Gasteiger partial charge in [-0.3, -0.25) is 24.5 Å². The third kappa shape index (κ3) is 3.95. The molecule has 0 saturated carbocycles. The number of Topliss-reactive ketones (excluding diaryl/α,β-unsaturated/α-hetero) is 1. The van der Waals surface area contributed by atoms with Crippen molar-refractivity contribution in [3.05, 3.63) is 59.2 Å². The molecule has 3 rings (SSSR count). The highest BCUT2D eigenvalue weighted by molar-refractivity contribution is 6.21. The molecule has 0 aliphatic carbocycles. The van der Waals surface area contributed by atoms with Gasteiger partial charge in [0.1, 0.15) is 0 Å². The van der Waals surface area contributed by atoms with Crippen molar-refractivity contribution in [3.8, 4) is 0 Å². The summed E-state index contributed by atoms with van der Waals surface area (Å²) in [4.78, 5) is 47.4. The fourth-order valence-electron chi connectivity index (χ4n) is 2.51. The van der Waals surface area contributed by atoms with Crippen LogP contribution in [-0.4, -0.2) is 29.5 Å². The molecule has 1 unspecified atom stereocenters. The van der Waals surface area contributed by atoms with E-state index in [0.29, 0.717) is 5.69 Å². The number of fused-ring (bicyclic) bond motifs is 1. The quantitative estimate of drug-likeness (QED) is 0.481. The molecule has 0 spiro atoms. The van der Waals surface area contributed by atoms with Crippen LogP contribution in [0.25, 0.3) is 0 Å². The lowest BCUT2D eigenvalue weighted by atomic mass is 10.1. The average Bonchev–Trinajstić information content (AvgIpc) is 2.90. The number of anilines is 1. The number of carbonyl (C=O) groups is 4. The normalized spacial score (nSPS) is 14.0. The van der Waals surface area contributed by atoms with Gasteiger partial charge in [-0.2, -0.15) is 10.2 Å². The van der Waals surface area contributed by atoms with E-state index in [4.69, 9.17) is 0 Å². The van der Waals surface area contributed by atoms with Crippen molar-refractivity contribution in [1.82, 2.24) is 5.32 Å². The zero-order valence-electron chi connectivity index (χ0n) is 14.6. The maximum atomic E-state index is 12.3. The minimum absolute atomic E-state index is 0.180. The van der Waals surface area contributed by atoms with Gasteiger partial charge in [-0.15, -0.1) is 0 Å². The molecule has 0 aromatic heterocycles. The standard InChI is InChI=1S/C19H16N4O4/c1-10-3-5-12(6-4-10)20-19(27)16(11(2)24)23-22-13-7-8-14-15(9-13)18(26)21-17(14)25/h3-9,16H,1-2H3,(H,20,27)(H,21,25,26). The first-order chi connectivity index (χ1) is 12.8. The summed E-state index contributed by atoms with van der Waals surface area (Å²) >= 11 is 0. The molecule has 2 aromatic rings. The van der Waals surface area contributed by atoms with E-state index in [2.05, 4.69) is 20.9 Å². The molecule has 2 N–H and O–H groups in total. The number of carbonyl (C=O) groups excluding carboxylic acids is 4. The van der Waals surface area contributed by atoms with E-state index < -0.39 is 29.5 Å². The minimum atomic E-state index is -1.32. The predicted octanol–water partition coefficient (Wildman–Crippen LogP) is 2.56. The van der Waals surface area contributed by atoms with Gasteiger partial charge in [-0.1, -0.05) is 17.7 Å². The van der Waals surface area contributed by atoms with Crippen LogP contribution >= 0.6 is 0 Å². The largest absolute Gasteiger partial charge is 0.324 e. The highest BCUT2D eigenvalue weighted by Crippen LogP contribution is 2.23. The molecule has 0 radical (unpaired) electrons. The van der Waals surface area contributed by atoms with E-state index in [1.54, 1.807) is 12.1 Å². The second-order valence-electron chi connectivity index (χ2n) is 6.10. The van der Waals surface area contributed by atoms with Crippen molar-refractivity contribution < 1.29 is 19.2 Å². The molecule has 8 nitrogen and oxygen atoms in total. The summed E-state index contributed by atoms with van der Waals surface area (Å²) in [6.45, 7) is 3.16. The Morgan fingerprint density at radius 2 is 1.67 bits per heavy atom. The van der Waals surface area contributed by atoms with Crippen molar-refractivity contribution in [3.63, 3.8) is 0 Å². The summed E-state index contributed by atoms with van der Waals surface area (Å²) in [6.07, 6.45) is 0. The first-order valence-electron chi connectivity index (χ1n) is 8.14. The zero-order valence-corrected chi connectivity index (χ0v) is 14.6. The van der Waals surface area contributed by atoms with Crippen molar-refractivity contribution >= 4 is 34.9 Å². The Kier molecular flexibility index (Phi) is 4.89.